The minimum Gasteiger partial charge on any atom is -0.464 e. The van der Waals surface area contributed by atoms with Crippen LogP contribution in [-0.4, -0.2) is 35.1 Å². The second-order valence-corrected chi connectivity index (χ2v) is 7.96. The molecule has 2 aliphatic rings. The van der Waals surface area contributed by atoms with Gasteiger partial charge in [0.05, 0.1) is 12.0 Å². The van der Waals surface area contributed by atoms with Crippen LogP contribution in [0.3, 0.4) is 0 Å². The molecule has 4 heterocycles. The van der Waals surface area contributed by atoms with Crippen molar-refractivity contribution in [2.75, 3.05) is 18.1 Å². The average Bonchev–Trinajstić information content (AvgIpc) is 3.27. The maximum atomic E-state index is 12.4. The Hall–Kier alpha value is -2.47. The minimum absolute atomic E-state index is 0.110. The van der Waals surface area contributed by atoms with Crippen molar-refractivity contribution in [1.29, 1.82) is 0 Å². The van der Waals surface area contributed by atoms with Gasteiger partial charge in [0, 0.05) is 11.4 Å². The first-order chi connectivity index (χ1) is 12.7. The fourth-order valence-electron chi connectivity index (χ4n) is 4.09. The van der Waals surface area contributed by atoms with Gasteiger partial charge in [-0.3, -0.25) is 0 Å². The van der Waals surface area contributed by atoms with Crippen molar-refractivity contribution in [1.82, 2.24) is 9.97 Å². The Kier molecular flexibility index (Phi) is 3.67. The number of carbonyl (C=O) groups is 1. The third-order valence-corrected chi connectivity index (χ3v) is 6.39. The Labute approximate surface area is 155 Å². The molecule has 0 unspecified atom stereocenters. The summed E-state index contributed by atoms with van der Waals surface area (Å²) in [6.45, 7) is 3.30. The Balaban J connectivity index is 1.63. The maximum Gasteiger partial charge on any atom is 0.329 e. The van der Waals surface area contributed by atoms with Crippen LogP contribution in [-0.2, 0) is 9.53 Å². The van der Waals surface area contributed by atoms with Crippen molar-refractivity contribution in [2.24, 2.45) is 5.92 Å². The quantitative estimate of drug-likeness (QED) is 0.647. The zero-order valence-electron chi connectivity index (χ0n) is 14.5. The molecule has 2 aromatic heterocycles. The van der Waals surface area contributed by atoms with Crippen molar-refractivity contribution in [3.05, 3.63) is 42.2 Å². The number of cyclic esters (lactones) is 1. The van der Waals surface area contributed by atoms with Gasteiger partial charge in [0.2, 0.25) is 0 Å². The maximum absolute atomic E-state index is 12.4. The molecule has 0 radical (unpaired) electrons. The van der Waals surface area contributed by atoms with E-state index in [4.69, 9.17) is 9.72 Å². The molecular weight excluding hydrogens is 346 g/mol. The molecule has 0 spiro atoms. The summed E-state index contributed by atoms with van der Waals surface area (Å²) in [7, 11) is 0. The number of nitrogens with zero attached hydrogens (tertiary/aromatic N) is 3. The number of hydrogen-bond acceptors (Lipinski definition) is 6. The number of esters is 1. The summed E-state index contributed by atoms with van der Waals surface area (Å²) in [4.78, 5) is 26.1. The molecule has 0 N–H and O–H groups in total. The molecule has 2 saturated heterocycles. The van der Waals surface area contributed by atoms with Crippen LogP contribution in [0.15, 0.2) is 36.4 Å². The zero-order valence-corrected chi connectivity index (χ0v) is 15.3. The molecule has 2 fully saturated rings. The lowest BCUT2D eigenvalue weighted by Gasteiger charge is -2.30. The molecule has 1 aromatic carbocycles. The number of carbonyl (C=O) groups excluding carboxylic acids is 1. The van der Waals surface area contributed by atoms with Crippen LogP contribution >= 0.6 is 11.3 Å². The van der Waals surface area contributed by atoms with E-state index >= 15 is 0 Å². The largest absolute Gasteiger partial charge is 0.464 e. The van der Waals surface area contributed by atoms with E-state index in [-0.39, 0.29) is 12.0 Å². The summed E-state index contributed by atoms with van der Waals surface area (Å²) in [5.41, 5.74) is 1.18. The third-order valence-electron chi connectivity index (χ3n) is 5.31. The van der Waals surface area contributed by atoms with Crippen molar-refractivity contribution < 1.29 is 9.53 Å². The van der Waals surface area contributed by atoms with Crippen molar-refractivity contribution >= 4 is 33.3 Å². The number of fused-ring (bicyclic) bond motifs is 2. The van der Waals surface area contributed by atoms with Gasteiger partial charge in [-0.25, -0.2) is 14.8 Å². The summed E-state index contributed by atoms with van der Waals surface area (Å²) >= 11 is 1.67. The highest BCUT2D eigenvalue weighted by Crippen LogP contribution is 2.41. The lowest BCUT2D eigenvalue weighted by Crippen LogP contribution is -2.44. The average molecular weight is 365 g/mol. The minimum atomic E-state index is -0.207. The molecule has 132 valence electrons. The van der Waals surface area contributed by atoms with Crippen LogP contribution in [0.5, 0.6) is 0 Å². The Morgan fingerprint density at radius 3 is 2.88 bits per heavy atom. The van der Waals surface area contributed by atoms with Crippen molar-refractivity contribution in [3.63, 3.8) is 0 Å². The van der Waals surface area contributed by atoms with E-state index in [1.54, 1.807) is 11.3 Å². The molecular formula is C20H19N3O2S. The predicted molar refractivity (Wildman–Crippen MR) is 102 cm³/mol. The fourth-order valence-corrected chi connectivity index (χ4v) is 5.16. The standard InChI is InChI=1S/C20H19N3O2S/c1-12-21-18(23-9-7-14-8-10-25-20(24)17(14)23)15-11-16(26-19(15)22-12)13-5-3-2-4-6-13/h2-6,11,14,17H,7-10H2,1H3/t14-,17-/m1/s1. The summed E-state index contributed by atoms with van der Waals surface area (Å²) in [6.07, 6.45) is 1.96. The topological polar surface area (TPSA) is 55.3 Å². The van der Waals surface area contributed by atoms with Gasteiger partial charge in [0.25, 0.3) is 0 Å². The van der Waals surface area contributed by atoms with E-state index in [9.17, 15) is 4.79 Å². The van der Waals surface area contributed by atoms with E-state index in [0.29, 0.717) is 12.5 Å². The number of ether oxygens (including phenoxy) is 1. The zero-order chi connectivity index (χ0) is 17.7. The van der Waals surface area contributed by atoms with Crippen LogP contribution in [0, 0.1) is 12.8 Å². The first-order valence-corrected chi connectivity index (χ1v) is 9.79. The van der Waals surface area contributed by atoms with Crippen molar-refractivity contribution in [2.45, 2.75) is 25.8 Å². The predicted octanol–water partition coefficient (Wildman–Crippen LogP) is 3.81. The summed E-state index contributed by atoms with van der Waals surface area (Å²) in [6, 6.07) is 12.3. The van der Waals surface area contributed by atoms with E-state index in [0.717, 1.165) is 41.2 Å². The lowest BCUT2D eigenvalue weighted by molar-refractivity contribution is -0.150. The second-order valence-electron chi connectivity index (χ2n) is 6.93. The molecule has 3 aromatic rings. The van der Waals surface area contributed by atoms with Crippen LogP contribution in [0.1, 0.15) is 18.7 Å². The van der Waals surface area contributed by atoms with Gasteiger partial charge in [-0.05, 0) is 37.3 Å². The third kappa shape index (κ3) is 2.48. The molecule has 0 saturated carbocycles. The normalized spacial score (nSPS) is 22.5. The molecule has 6 heteroatoms. The first-order valence-electron chi connectivity index (χ1n) is 8.97. The van der Waals surface area contributed by atoms with Crippen LogP contribution in [0.4, 0.5) is 5.82 Å². The molecule has 0 amide bonds. The molecule has 2 atom stereocenters. The molecule has 26 heavy (non-hydrogen) atoms. The number of hydrogen-bond donors (Lipinski definition) is 0. The SMILES string of the molecule is Cc1nc(N2CC[C@@H]3CCOC(=O)[C@@H]32)c2cc(-c3ccccc3)sc2n1. The number of anilines is 1. The van der Waals surface area contributed by atoms with Crippen LogP contribution in [0.25, 0.3) is 20.7 Å². The number of thiophene rings is 1. The van der Waals surface area contributed by atoms with E-state index in [2.05, 4.69) is 28.1 Å². The van der Waals surface area contributed by atoms with Gasteiger partial charge in [0.1, 0.15) is 22.5 Å². The summed E-state index contributed by atoms with van der Waals surface area (Å²) in [5, 5.41) is 1.03. The van der Waals surface area contributed by atoms with Crippen LogP contribution < -0.4 is 4.90 Å². The van der Waals surface area contributed by atoms with E-state index in [1.807, 2.05) is 25.1 Å². The number of rotatable bonds is 2. The number of aryl methyl sites for hydroxylation is 1. The number of benzene rings is 1. The van der Waals surface area contributed by atoms with E-state index in [1.165, 1.54) is 10.4 Å². The first kappa shape index (κ1) is 15.8. The Morgan fingerprint density at radius 2 is 2.04 bits per heavy atom. The van der Waals surface area contributed by atoms with Gasteiger partial charge in [-0.1, -0.05) is 30.3 Å². The second kappa shape index (κ2) is 6.06. The van der Waals surface area contributed by atoms with Gasteiger partial charge < -0.3 is 9.64 Å². The molecule has 5 rings (SSSR count). The highest BCUT2D eigenvalue weighted by Gasteiger charge is 2.44. The Morgan fingerprint density at radius 1 is 1.19 bits per heavy atom. The monoisotopic (exact) mass is 365 g/mol. The Bertz CT molecular complexity index is 985. The van der Waals surface area contributed by atoms with Gasteiger partial charge in [-0.2, -0.15) is 0 Å². The highest BCUT2D eigenvalue weighted by molar-refractivity contribution is 7.21. The van der Waals surface area contributed by atoms with Gasteiger partial charge in [0.15, 0.2) is 0 Å². The van der Waals surface area contributed by atoms with Gasteiger partial charge >= 0.3 is 5.97 Å². The van der Waals surface area contributed by atoms with Gasteiger partial charge in [-0.15, -0.1) is 11.3 Å². The summed E-state index contributed by atoms with van der Waals surface area (Å²) < 4.78 is 5.34. The van der Waals surface area contributed by atoms with Crippen LogP contribution in [0.2, 0.25) is 0 Å². The van der Waals surface area contributed by atoms with E-state index < -0.39 is 0 Å². The fraction of sp³-hybridized carbons (Fsp3) is 0.350. The smallest absolute Gasteiger partial charge is 0.329 e. The molecule has 5 nitrogen and oxygen atoms in total. The number of aromatic nitrogens is 2. The molecule has 0 aliphatic carbocycles. The summed E-state index contributed by atoms with van der Waals surface area (Å²) in [5.74, 6) is 1.87. The highest BCUT2D eigenvalue weighted by atomic mass is 32.1. The molecule has 0 bridgehead atoms. The molecule has 2 aliphatic heterocycles. The van der Waals surface area contributed by atoms with Crippen molar-refractivity contribution in [3.8, 4) is 10.4 Å². The lowest BCUT2D eigenvalue weighted by atomic mass is 9.95.